The molecule has 11 heteroatoms. The molecular formula is C29H29ClF3N5O2. The monoisotopic (exact) mass is 571 g/mol. The van der Waals surface area contributed by atoms with E-state index < -0.39 is 11.7 Å². The largest absolute Gasteiger partial charge is 0.416 e. The zero-order chi connectivity index (χ0) is 28.3. The zero-order valence-corrected chi connectivity index (χ0v) is 22.5. The first-order chi connectivity index (χ1) is 19.2. The third kappa shape index (κ3) is 6.74. The van der Waals surface area contributed by atoms with Crippen molar-refractivity contribution in [1.82, 2.24) is 20.1 Å². The summed E-state index contributed by atoms with van der Waals surface area (Å²) in [7, 11) is 0. The molecule has 210 valence electrons. The number of piperazine rings is 1. The molecule has 2 aliphatic rings. The number of amides is 2. The smallest absolute Gasteiger partial charge is 0.368 e. The van der Waals surface area contributed by atoms with Gasteiger partial charge in [0.15, 0.2) is 0 Å². The Labute approximate surface area is 235 Å². The number of nitrogens with one attached hydrogen (secondary N) is 1. The van der Waals surface area contributed by atoms with E-state index in [9.17, 15) is 22.8 Å². The third-order valence-corrected chi connectivity index (χ3v) is 7.55. The Morgan fingerprint density at radius 3 is 2.25 bits per heavy atom. The van der Waals surface area contributed by atoms with Gasteiger partial charge in [-0.1, -0.05) is 23.7 Å². The van der Waals surface area contributed by atoms with Gasteiger partial charge in [0.05, 0.1) is 11.1 Å². The summed E-state index contributed by atoms with van der Waals surface area (Å²) in [6.07, 6.45) is -2.19. The number of hydrogen-bond donors (Lipinski definition) is 1. The van der Waals surface area contributed by atoms with E-state index in [-0.39, 0.29) is 23.6 Å². The van der Waals surface area contributed by atoms with Crippen molar-refractivity contribution >= 4 is 29.1 Å². The number of hydrogen-bond acceptors (Lipinski definition) is 5. The molecule has 0 saturated carbocycles. The lowest BCUT2D eigenvalue weighted by Crippen LogP contribution is -2.48. The maximum atomic E-state index is 13.0. The van der Waals surface area contributed by atoms with Gasteiger partial charge < -0.3 is 15.1 Å². The Kier molecular flexibility index (Phi) is 8.27. The van der Waals surface area contributed by atoms with Crippen LogP contribution >= 0.6 is 11.6 Å². The zero-order valence-electron chi connectivity index (χ0n) is 21.7. The molecule has 0 spiro atoms. The highest BCUT2D eigenvalue weighted by atomic mass is 35.5. The van der Waals surface area contributed by atoms with Crippen molar-refractivity contribution < 1.29 is 22.8 Å². The average molecular weight is 572 g/mol. The fourth-order valence-electron chi connectivity index (χ4n) is 5.07. The minimum Gasteiger partial charge on any atom is -0.368 e. The van der Waals surface area contributed by atoms with Gasteiger partial charge in [0.2, 0.25) is 0 Å². The van der Waals surface area contributed by atoms with Gasteiger partial charge >= 0.3 is 6.18 Å². The summed E-state index contributed by atoms with van der Waals surface area (Å²) in [6, 6.07) is 15.9. The second-order valence-electron chi connectivity index (χ2n) is 10.1. The Balaban J connectivity index is 1.09. The minimum absolute atomic E-state index is 0.0954. The molecular weight excluding hydrogens is 543 g/mol. The highest BCUT2D eigenvalue weighted by Crippen LogP contribution is 2.29. The van der Waals surface area contributed by atoms with Crippen LogP contribution in [0.4, 0.5) is 18.9 Å². The number of anilines is 1. The van der Waals surface area contributed by atoms with Crippen molar-refractivity contribution in [3.8, 4) is 0 Å². The van der Waals surface area contributed by atoms with Crippen molar-refractivity contribution in [2.75, 3.05) is 44.2 Å². The van der Waals surface area contributed by atoms with Crippen LogP contribution in [-0.4, -0.2) is 71.9 Å². The number of pyridine rings is 1. The van der Waals surface area contributed by atoms with E-state index >= 15 is 0 Å². The fourth-order valence-corrected chi connectivity index (χ4v) is 5.19. The predicted octanol–water partition coefficient (Wildman–Crippen LogP) is 4.72. The molecule has 0 radical (unpaired) electrons. The summed E-state index contributed by atoms with van der Waals surface area (Å²) in [4.78, 5) is 36.1. The predicted molar refractivity (Wildman–Crippen MR) is 146 cm³/mol. The standard InChI is InChI=1S/C29H29ClF3N5O2/c30-23-6-8-25(9-7-23)37-13-15-38(16-14-37)28(40)21-3-10-26(34-17-21)27(39)35-24-11-12-36(19-24)18-20-1-4-22(5-2-20)29(31,32)33/h1-10,17,24H,11-16,18-19H2,(H,35,39). The molecule has 3 heterocycles. The molecule has 0 aliphatic carbocycles. The van der Waals surface area contributed by atoms with Crippen LogP contribution in [0.25, 0.3) is 0 Å². The number of carbonyl (C=O) groups is 2. The lowest BCUT2D eigenvalue weighted by molar-refractivity contribution is -0.137. The first-order valence-electron chi connectivity index (χ1n) is 13.1. The van der Waals surface area contributed by atoms with Crippen LogP contribution < -0.4 is 10.2 Å². The number of nitrogens with zero attached hydrogens (tertiary/aromatic N) is 4. The second kappa shape index (κ2) is 11.9. The molecule has 3 aromatic rings. The van der Waals surface area contributed by atoms with Crippen molar-refractivity contribution in [3.63, 3.8) is 0 Å². The molecule has 5 rings (SSSR count). The van der Waals surface area contributed by atoms with E-state index in [4.69, 9.17) is 11.6 Å². The molecule has 2 amide bonds. The van der Waals surface area contributed by atoms with Gasteiger partial charge in [-0.2, -0.15) is 13.2 Å². The molecule has 2 aromatic carbocycles. The van der Waals surface area contributed by atoms with Gasteiger partial charge in [0, 0.05) is 68.8 Å². The Morgan fingerprint density at radius 2 is 1.62 bits per heavy atom. The molecule has 2 aliphatic heterocycles. The summed E-state index contributed by atoms with van der Waals surface area (Å²) in [6.45, 7) is 4.39. The van der Waals surface area contributed by atoms with Gasteiger partial charge in [0.25, 0.3) is 11.8 Å². The Hall–Kier alpha value is -3.63. The topological polar surface area (TPSA) is 68.8 Å². The number of carbonyl (C=O) groups excluding carboxylic acids is 2. The number of alkyl halides is 3. The SMILES string of the molecule is O=C(NC1CCN(Cc2ccc(C(F)(F)F)cc2)C1)c1ccc(C(=O)N2CCN(c3ccc(Cl)cc3)CC2)cn1. The first-order valence-corrected chi connectivity index (χ1v) is 13.5. The number of benzene rings is 2. The van der Waals surface area contributed by atoms with Gasteiger partial charge in [-0.3, -0.25) is 19.5 Å². The summed E-state index contributed by atoms with van der Waals surface area (Å²) >= 11 is 5.97. The molecule has 1 atom stereocenters. The van der Waals surface area contributed by atoms with E-state index in [1.807, 2.05) is 24.3 Å². The number of rotatable bonds is 6. The quantitative estimate of drug-likeness (QED) is 0.464. The Bertz CT molecular complexity index is 1330. The van der Waals surface area contributed by atoms with Crippen LogP contribution in [0.2, 0.25) is 5.02 Å². The number of aromatic nitrogens is 1. The van der Waals surface area contributed by atoms with E-state index in [0.29, 0.717) is 49.9 Å². The lowest BCUT2D eigenvalue weighted by atomic mass is 10.1. The number of likely N-dealkylation sites (tertiary alicyclic amines) is 1. The van der Waals surface area contributed by atoms with Crippen molar-refractivity contribution in [3.05, 3.63) is 94.3 Å². The van der Waals surface area contributed by atoms with E-state index in [0.717, 1.165) is 36.3 Å². The minimum atomic E-state index is -4.35. The normalized spacial score (nSPS) is 18.1. The average Bonchev–Trinajstić information content (AvgIpc) is 3.39. The van der Waals surface area contributed by atoms with Crippen molar-refractivity contribution in [1.29, 1.82) is 0 Å². The molecule has 40 heavy (non-hydrogen) atoms. The molecule has 7 nitrogen and oxygen atoms in total. The molecule has 1 aromatic heterocycles. The molecule has 2 saturated heterocycles. The molecule has 0 bridgehead atoms. The fraction of sp³-hybridized carbons (Fsp3) is 0.345. The first kappa shape index (κ1) is 27.9. The maximum absolute atomic E-state index is 13.0. The summed E-state index contributed by atoms with van der Waals surface area (Å²) in [5.41, 5.74) is 1.84. The highest BCUT2D eigenvalue weighted by Gasteiger charge is 2.30. The van der Waals surface area contributed by atoms with Crippen LogP contribution in [0.3, 0.4) is 0 Å². The van der Waals surface area contributed by atoms with Gasteiger partial charge in [-0.05, 0) is 60.5 Å². The van der Waals surface area contributed by atoms with E-state index in [1.165, 1.54) is 18.3 Å². The van der Waals surface area contributed by atoms with Crippen LogP contribution in [0.15, 0.2) is 66.9 Å². The molecule has 1 N–H and O–H groups in total. The van der Waals surface area contributed by atoms with Gasteiger partial charge in [0.1, 0.15) is 5.69 Å². The molecule has 2 fully saturated rings. The van der Waals surface area contributed by atoms with Crippen LogP contribution in [-0.2, 0) is 12.7 Å². The van der Waals surface area contributed by atoms with Gasteiger partial charge in [-0.25, -0.2) is 0 Å². The van der Waals surface area contributed by atoms with Crippen LogP contribution in [0.5, 0.6) is 0 Å². The second-order valence-corrected chi connectivity index (χ2v) is 10.5. The van der Waals surface area contributed by atoms with E-state index in [1.54, 1.807) is 17.0 Å². The summed E-state index contributed by atoms with van der Waals surface area (Å²) < 4.78 is 38.3. The third-order valence-electron chi connectivity index (χ3n) is 7.30. The maximum Gasteiger partial charge on any atom is 0.416 e. The summed E-state index contributed by atoms with van der Waals surface area (Å²) in [5.74, 6) is -0.443. The summed E-state index contributed by atoms with van der Waals surface area (Å²) in [5, 5.41) is 3.66. The van der Waals surface area contributed by atoms with E-state index in [2.05, 4.69) is 20.1 Å². The van der Waals surface area contributed by atoms with Gasteiger partial charge in [-0.15, -0.1) is 0 Å². The molecule has 1 unspecified atom stereocenters. The number of halogens is 4. The lowest BCUT2D eigenvalue weighted by Gasteiger charge is -2.36. The van der Waals surface area contributed by atoms with Crippen molar-refractivity contribution in [2.45, 2.75) is 25.2 Å². The highest BCUT2D eigenvalue weighted by molar-refractivity contribution is 6.30. The van der Waals surface area contributed by atoms with Crippen LogP contribution in [0, 0.1) is 0 Å². The Morgan fingerprint density at radius 1 is 0.925 bits per heavy atom. The van der Waals surface area contributed by atoms with Crippen LogP contribution in [0.1, 0.15) is 38.4 Å². The van der Waals surface area contributed by atoms with Crippen molar-refractivity contribution in [2.24, 2.45) is 0 Å².